The second-order valence-electron chi connectivity index (χ2n) is 5.53. The van der Waals surface area contributed by atoms with Crippen molar-refractivity contribution in [2.24, 2.45) is 0 Å². The maximum Gasteiger partial charge on any atom is 0.281 e. The number of hydrogen-bond donors (Lipinski definition) is 1. The lowest BCUT2D eigenvalue weighted by Gasteiger charge is -2.13. The Hall–Kier alpha value is -2.86. The van der Waals surface area contributed by atoms with Crippen LogP contribution >= 0.6 is 12.2 Å². The van der Waals surface area contributed by atoms with Crippen molar-refractivity contribution in [1.29, 1.82) is 0 Å². The molecule has 0 saturated carbocycles. The smallest absolute Gasteiger partial charge is 0.281 e. The van der Waals surface area contributed by atoms with E-state index in [0.29, 0.717) is 29.8 Å². The van der Waals surface area contributed by atoms with E-state index in [9.17, 15) is 4.79 Å². The third kappa shape index (κ3) is 3.70. The van der Waals surface area contributed by atoms with Crippen LogP contribution in [0.3, 0.4) is 0 Å². The van der Waals surface area contributed by atoms with E-state index in [0.717, 1.165) is 17.0 Å². The van der Waals surface area contributed by atoms with Crippen LogP contribution in [0.4, 0.5) is 5.69 Å². The highest BCUT2D eigenvalue weighted by atomic mass is 32.1. The van der Waals surface area contributed by atoms with Gasteiger partial charge in [-0.05, 0) is 56.4 Å². The number of anilines is 1. The molecule has 1 aliphatic heterocycles. The molecule has 0 bridgehead atoms. The zero-order valence-corrected chi connectivity index (χ0v) is 15.5. The SMILES string of the molecule is CCOc1ccc(/C=C2\NC(=S)N(c3ccccc3)C2=O)c(OCC)c1. The predicted molar refractivity (Wildman–Crippen MR) is 106 cm³/mol. The highest BCUT2D eigenvalue weighted by Crippen LogP contribution is 2.29. The molecule has 6 heteroatoms. The Morgan fingerprint density at radius 2 is 1.81 bits per heavy atom. The Morgan fingerprint density at radius 3 is 2.50 bits per heavy atom. The molecule has 0 aromatic heterocycles. The van der Waals surface area contributed by atoms with Gasteiger partial charge in [0.1, 0.15) is 17.2 Å². The van der Waals surface area contributed by atoms with Crippen LogP contribution in [0, 0.1) is 0 Å². The molecule has 26 heavy (non-hydrogen) atoms. The monoisotopic (exact) mass is 368 g/mol. The van der Waals surface area contributed by atoms with Gasteiger partial charge in [0.25, 0.3) is 5.91 Å². The van der Waals surface area contributed by atoms with Gasteiger partial charge in [0, 0.05) is 11.6 Å². The molecular weight excluding hydrogens is 348 g/mol. The second kappa shape index (κ2) is 8.01. The molecule has 1 amide bonds. The first-order valence-corrected chi connectivity index (χ1v) is 8.86. The van der Waals surface area contributed by atoms with Crippen LogP contribution in [-0.4, -0.2) is 24.2 Å². The molecule has 1 saturated heterocycles. The molecule has 1 N–H and O–H groups in total. The number of carbonyl (C=O) groups is 1. The van der Waals surface area contributed by atoms with Gasteiger partial charge >= 0.3 is 0 Å². The molecule has 5 nitrogen and oxygen atoms in total. The fourth-order valence-corrected chi connectivity index (χ4v) is 2.97. The summed E-state index contributed by atoms with van der Waals surface area (Å²) in [6.07, 6.45) is 1.75. The van der Waals surface area contributed by atoms with Crippen LogP contribution in [-0.2, 0) is 4.79 Å². The fraction of sp³-hybridized carbons (Fsp3) is 0.200. The molecular formula is C20H20N2O3S. The van der Waals surface area contributed by atoms with Crippen molar-refractivity contribution in [2.75, 3.05) is 18.1 Å². The van der Waals surface area contributed by atoms with Gasteiger partial charge in [-0.25, -0.2) is 0 Å². The third-order valence-corrected chi connectivity index (χ3v) is 4.07. The van der Waals surface area contributed by atoms with Crippen molar-refractivity contribution in [3.8, 4) is 11.5 Å². The summed E-state index contributed by atoms with van der Waals surface area (Å²) in [5, 5.41) is 3.35. The molecule has 1 aliphatic rings. The first-order valence-electron chi connectivity index (χ1n) is 8.45. The Bertz CT molecular complexity index is 849. The molecule has 0 atom stereocenters. The molecule has 3 rings (SSSR count). The van der Waals surface area contributed by atoms with Crippen molar-refractivity contribution in [3.05, 3.63) is 59.8 Å². The molecule has 1 fully saturated rings. The van der Waals surface area contributed by atoms with E-state index in [1.54, 1.807) is 6.08 Å². The highest BCUT2D eigenvalue weighted by molar-refractivity contribution is 7.80. The number of thiocarbonyl (C=S) groups is 1. The van der Waals surface area contributed by atoms with E-state index in [1.807, 2.05) is 62.4 Å². The van der Waals surface area contributed by atoms with E-state index >= 15 is 0 Å². The first-order chi connectivity index (χ1) is 12.6. The number of amides is 1. The van der Waals surface area contributed by atoms with E-state index in [-0.39, 0.29) is 5.91 Å². The van der Waals surface area contributed by atoms with Crippen molar-refractivity contribution < 1.29 is 14.3 Å². The lowest BCUT2D eigenvalue weighted by molar-refractivity contribution is -0.113. The van der Waals surface area contributed by atoms with Gasteiger partial charge in [-0.15, -0.1) is 0 Å². The summed E-state index contributed by atoms with van der Waals surface area (Å²) >= 11 is 5.33. The van der Waals surface area contributed by atoms with Gasteiger partial charge < -0.3 is 14.8 Å². The average Bonchev–Trinajstić information content (AvgIpc) is 2.92. The molecule has 0 unspecified atom stereocenters. The van der Waals surface area contributed by atoms with Crippen LogP contribution in [0.15, 0.2) is 54.2 Å². The lowest BCUT2D eigenvalue weighted by Crippen LogP contribution is -2.30. The molecule has 2 aromatic carbocycles. The Labute approximate surface area is 158 Å². The second-order valence-corrected chi connectivity index (χ2v) is 5.92. The van der Waals surface area contributed by atoms with Crippen LogP contribution in [0.1, 0.15) is 19.4 Å². The van der Waals surface area contributed by atoms with Crippen LogP contribution < -0.4 is 19.7 Å². The molecule has 1 heterocycles. The van der Waals surface area contributed by atoms with Gasteiger partial charge in [0.05, 0.1) is 18.9 Å². The Kier molecular flexibility index (Phi) is 5.53. The van der Waals surface area contributed by atoms with Crippen LogP contribution in [0.25, 0.3) is 6.08 Å². The number of nitrogens with one attached hydrogen (secondary N) is 1. The zero-order valence-electron chi connectivity index (χ0n) is 14.7. The third-order valence-electron chi connectivity index (χ3n) is 3.79. The van der Waals surface area contributed by atoms with Gasteiger partial charge in [0.15, 0.2) is 5.11 Å². The van der Waals surface area contributed by atoms with Gasteiger partial charge in [-0.2, -0.15) is 0 Å². The molecule has 0 aliphatic carbocycles. The summed E-state index contributed by atoms with van der Waals surface area (Å²) in [6.45, 7) is 4.93. The number of ether oxygens (including phenoxy) is 2. The van der Waals surface area contributed by atoms with Crippen molar-refractivity contribution in [1.82, 2.24) is 5.32 Å². The van der Waals surface area contributed by atoms with Crippen LogP contribution in [0.5, 0.6) is 11.5 Å². The molecule has 134 valence electrons. The van der Waals surface area contributed by atoms with E-state index < -0.39 is 0 Å². The van der Waals surface area contributed by atoms with E-state index in [1.165, 1.54) is 4.90 Å². The quantitative estimate of drug-likeness (QED) is 0.622. The Balaban J connectivity index is 1.93. The van der Waals surface area contributed by atoms with Crippen molar-refractivity contribution >= 4 is 35.0 Å². The number of nitrogens with zero attached hydrogens (tertiary/aromatic N) is 1. The first kappa shape index (κ1) is 17.9. The highest BCUT2D eigenvalue weighted by Gasteiger charge is 2.32. The standard InChI is InChI=1S/C20H20N2O3S/c1-3-24-16-11-10-14(18(13-16)25-4-2)12-17-19(23)22(20(26)21-17)15-8-6-5-7-9-15/h5-13H,3-4H2,1-2H3,(H,21,26)/b17-12-. The number of carbonyl (C=O) groups excluding carboxylic acids is 1. The summed E-state index contributed by atoms with van der Waals surface area (Å²) < 4.78 is 11.2. The fourth-order valence-electron chi connectivity index (χ4n) is 2.67. The zero-order chi connectivity index (χ0) is 18.5. The van der Waals surface area contributed by atoms with Crippen molar-refractivity contribution in [3.63, 3.8) is 0 Å². The maximum atomic E-state index is 12.8. The summed E-state index contributed by atoms with van der Waals surface area (Å²) in [7, 11) is 0. The molecule has 0 spiro atoms. The minimum Gasteiger partial charge on any atom is -0.494 e. The topological polar surface area (TPSA) is 50.8 Å². The number of para-hydroxylation sites is 1. The lowest BCUT2D eigenvalue weighted by atomic mass is 10.1. The van der Waals surface area contributed by atoms with E-state index in [4.69, 9.17) is 21.7 Å². The van der Waals surface area contributed by atoms with Gasteiger partial charge in [-0.1, -0.05) is 18.2 Å². The molecule has 0 radical (unpaired) electrons. The average molecular weight is 368 g/mol. The largest absolute Gasteiger partial charge is 0.494 e. The summed E-state index contributed by atoms with van der Waals surface area (Å²) in [5.74, 6) is 1.19. The number of rotatable bonds is 6. The number of hydrogen-bond acceptors (Lipinski definition) is 4. The van der Waals surface area contributed by atoms with Crippen LogP contribution in [0.2, 0.25) is 0 Å². The predicted octanol–water partition coefficient (Wildman–Crippen LogP) is 3.75. The maximum absolute atomic E-state index is 12.8. The van der Waals surface area contributed by atoms with E-state index in [2.05, 4.69) is 5.32 Å². The summed E-state index contributed by atoms with van der Waals surface area (Å²) in [5.41, 5.74) is 1.92. The minimum atomic E-state index is -0.197. The summed E-state index contributed by atoms with van der Waals surface area (Å²) in [4.78, 5) is 14.3. The molecule has 2 aromatic rings. The van der Waals surface area contributed by atoms with Gasteiger partial charge in [0.2, 0.25) is 0 Å². The number of benzene rings is 2. The van der Waals surface area contributed by atoms with Crippen molar-refractivity contribution in [2.45, 2.75) is 13.8 Å². The normalized spacial score (nSPS) is 15.3. The summed E-state index contributed by atoms with van der Waals surface area (Å²) in [6, 6.07) is 14.9. The minimum absolute atomic E-state index is 0.197. The Morgan fingerprint density at radius 1 is 1.08 bits per heavy atom. The van der Waals surface area contributed by atoms with Gasteiger partial charge in [-0.3, -0.25) is 9.69 Å².